The van der Waals surface area contributed by atoms with Crippen molar-refractivity contribution in [2.24, 2.45) is 5.92 Å². The van der Waals surface area contributed by atoms with Crippen LogP contribution in [-0.4, -0.2) is 86.6 Å². The molecule has 3 aliphatic heterocycles. The minimum atomic E-state index is -3.53. The van der Waals surface area contributed by atoms with E-state index in [1.54, 1.807) is 24.3 Å². The van der Waals surface area contributed by atoms with Crippen LogP contribution in [0.3, 0.4) is 0 Å². The maximum atomic E-state index is 13.1. The van der Waals surface area contributed by atoms with Gasteiger partial charge in [0.1, 0.15) is 6.17 Å². The second-order valence-corrected chi connectivity index (χ2v) is 13.7. The first-order valence-corrected chi connectivity index (χ1v) is 15.9. The monoisotopic (exact) mass is 579 g/mol. The minimum Gasteiger partial charge on any atom is -0.368 e. The number of piperidine rings is 2. The van der Waals surface area contributed by atoms with Crippen LogP contribution in [0.1, 0.15) is 37.7 Å². The van der Waals surface area contributed by atoms with E-state index in [1.165, 1.54) is 24.0 Å². The summed E-state index contributed by atoms with van der Waals surface area (Å²) in [6.07, 6.45) is 4.69. The number of aryl methyl sites for hydroxylation is 1. The highest BCUT2D eigenvalue weighted by molar-refractivity contribution is 7.89. The molecule has 2 aromatic rings. The number of carbonyl (C=O) groups excluding carboxylic acids is 1. The van der Waals surface area contributed by atoms with E-state index in [2.05, 4.69) is 56.3 Å². The van der Waals surface area contributed by atoms with Gasteiger partial charge in [-0.1, -0.05) is 30.3 Å². The van der Waals surface area contributed by atoms with Gasteiger partial charge in [0.15, 0.2) is 0 Å². The summed E-state index contributed by atoms with van der Waals surface area (Å²) in [5, 5.41) is 18.6. The summed E-state index contributed by atoms with van der Waals surface area (Å²) >= 11 is 0. The molecule has 3 heterocycles. The van der Waals surface area contributed by atoms with Crippen molar-refractivity contribution >= 4 is 21.6 Å². The number of nitrogens with zero attached hydrogens (tertiary/aromatic N) is 4. The predicted molar refractivity (Wildman–Crippen MR) is 158 cm³/mol. The molecule has 0 radical (unpaired) electrons. The van der Waals surface area contributed by atoms with Crippen molar-refractivity contribution in [3.63, 3.8) is 0 Å². The molecule has 0 spiro atoms. The van der Waals surface area contributed by atoms with Crippen LogP contribution in [0, 0.1) is 17.2 Å². The zero-order chi connectivity index (χ0) is 29.0. The third kappa shape index (κ3) is 6.27. The second-order valence-electron chi connectivity index (χ2n) is 11.6. The number of anilines is 1. The zero-order valence-electron chi connectivity index (χ0n) is 23.9. The molecule has 1 amide bonds. The molecule has 3 saturated heterocycles. The van der Waals surface area contributed by atoms with E-state index in [9.17, 15) is 18.5 Å². The summed E-state index contributed by atoms with van der Waals surface area (Å²) in [5.41, 5.74) is 5.34. The molecule has 3 unspecified atom stereocenters. The van der Waals surface area contributed by atoms with Crippen molar-refractivity contribution in [2.45, 2.75) is 61.2 Å². The zero-order valence-corrected chi connectivity index (χ0v) is 24.7. The summed E-state index contributed by atoms with van der Waals surface area (Å²) in [6.45, 7) is 3.47. The number of nitriles is 1. The maximum absolute atomic E-state index is 13.1. The summed E-state index contributed by atoms with van der Waals surface area (Å²) < 4.78 is 26.2. The van der Waals surface area contributed by atoms with Gasteiger partial charge in [-0.05, 0) is 81.6 Å². The number of hydrogen-bond donors (Lipinski definition) is 3. The predicted octanol–water partition coefficient (Wildman–Crippen LogP) is 2.38. The highest BCUT2D eigenvalue weighted by Crippen LogP contribution is 2.40. The Kier molecular flexibility index (Phi) is 8.97. The van der Waals surface area contributed by atoms with Crippen LogP contribution in [0.15, 0.2) is 59.5 Å². The Balaban J connectivity index is 1.27. The topological polar surface area (TPSA) is 121 Å². The van der Waals surface area contributed by atoms with Gasteiger partial charge in [-0.15, -0.1) is 0 Å². The van der Waals surface area contributed by atoms with E-state index in [4.69, 9.17) is 0 Å². The smallest absolute Gasteiger partial charge is 0.242 e. The molecular formula is C30H41N7O3S. The lowest BCUT2D eigenvalue weighted by Gasteiger charge is -2.49. The number of likely N-dealkylation sites (tertiary alicyclic amines) is 1. The normalized spacial score (nSPS) is 24.9. The summed E-state index contributed by atoms with van der Waals surface area (Å²) in [6, 6.07) is 19.6. The van der Waals surface area contributed by atoms with Crippen LogP contribution >= 0.6 is 0 Å². The lowest BCUT2D eigenvalue weighted by atomic mass is 9.81. The van der Waals surface area contributed by atoms with Crippen LogP contribution in [0.2, 0.25) is 0 Å². The van der Waals surface area contributed by atoms with Gasteiger partial charge < -0.3 is 15.5 Å². The molecule has 5 rings (SSSR count). The Morgan fingerprint density at radius 3 is 2.46 bits per heavy atom. The van der Waals surface area contributed by atoms with Crippen molar-refractivity contribution in [1.29, 1.82) is 5.26 Å². The fraction of sp³-hybridized carbons (Fsp3) is 0.533. The summed E-state index contributed by atoms with van der Waals surface area (Å²) in [4.78, 5) is 15.9. The molecule has 0 saturated carbocycles. The van der Waals surface area contributed by atoms with Gasteiger partial charge in [-0.25, -0.2) is 23.2 Å². The second kappa shape index (κ2) is 12.5. The molecule has 10 nitrogen and oxygen atoms in total. The first kappa shape index (κ1) is 29.5. The number of amides is 1. The molecule has 0 bridgehead atoms. The van der Waals surface area contributed by atoms with Crippen molar-refractivity contribution < 1.29 is 13.2 Å². The first-order valence-electron chi connectivity index (χ1n) is 14.5. The molecule has 41 heavy (non-hydrogen) atoms. The molecule has 3 atom stereocenters. The fourth-order valence-electron chi connectivity index (χ4n) is 6.52. The van der Waals surface area contributed by atoms with Gasteiger partial charge in [0, 0.05) is 32.4 Å². The Morgan fingerprint density at radius 1 is 1.10 bits per heavy atom. The molecule has 0 aromatic heterocycles. The number of benzene rings is 2. The van der Waals surface area contributed by atoms with E-state index in [0.29, 0.717) is 13.0 Å². The van der Waals surface area contributed by atoms with E-state index in [1.807, 2.05) is 6.07 Å². The molecule has 220 valence electrons. The average molecular weight is 580 g/mol. The number of sulfonamides is 1. The van der Waals surface area contributed by atoms with Gasteiger partial charge in [0.25, 0.3) is 0 Å². The standard InChI is InChI=1S/C30H41N7O3S/c1-35(2)41(39,40)25-12-10-24(11-13-25)33-28-27-26(14-19-32-29(27)38)37(34-28)30(15-18-31)16-21-36(22-17-30)20-6-9-23-7-4-3-5-8-23/h3-5,7-8,10-13,26-28,33-34H,6,9,14-17,19-22H2,1-2H3,(H,32,38). The molecule has 11 heteroatoms. The Bertz CT molecular complexity index is 1340. The fourth-order valence-corrected chi connectivity index (χ4v) is 7.42. The van der Waals surface area contributed by atoms with Gasteiger partial charge >= 0.3 is 0 Å². The lowest BCUT2D eigenvalue weighted by molar-refractivity contribution is -0.128. The Morgan fingerprint density at radius 2 is 1.80 bits per heavy atom. The van der Waals surface area contributed by atoms with E-state index in [-0.39, 0.29) is 34.5 Å². The number of carbonyl (C=O) groups is 1. The number of fused-ring (bicyclic) bond motifs is 1. The van der Waals surface area contributed by atoms with Crippen LogP contribution < -0.4 is 16.1 Å². The number of nitrogens with one attached hydrogen (secondary N) is 3. The highest BCUT2D eigenvalue weighted by Gasteiger charge is 2.54. The maximum Gasteiger partial charge on any atom is 0.242 e. The van der Waals surface area contributed by atoms with Gasteiger partial charge in [-0.3, -0.25) is 4.79 Å². The molecule has 0 aliphatic carbocycles. The van der Waals surface area contributed by atoms with E-state index >= 15 is 0 Å². The van der Waals surface area contributed by atoms with E-state index < -0.39 is 10.0 Å². The highest BCUT2D eigenvalue weighted by atomic mass is 32.2. The SMILES string of the molecule is CN(C)S(=O)(=O)c1ccc(NC2NN(C3(CC#N)CCN(CCCc4ccccc4)CC3)C3CCNC(=O)C23)cc1. The first-order chi connectivity index (χ1) is 19.7. The molecule has 3 aliphatic rings. The Hall–Kier alpha value is -3.01. The van der Waals surface area contributed by atoms with Crippen LogP contribution in [0.5, 0.6) is 0 Å². The minimum absolute atomic E-state index is 0.00832. The molecule has 3 N–H and O–H groups in total. The third-order valence-electron chi connectivity index (χ3n) is 8.87. The third-order valence-corrected chi connectivity index (χ3v) is 10.7. The van der Waals surface area contributed by atoms with Gasteiger partial charge in [0.05, 0.1) is 28.8 Å². The van der Waals surface area contributed by atoms with E-state index in [0.717, 1.165) is 57.4 Å². The van der Waals surface area contributed by atoms with Gasteiger partial charge in [-0.2, -0.15) is 5.26 Å². The largest absolute Gasteiger partial charge is 0.368 e. The quantitative estimate of drug-likeness (QED) is 0.393. The van der Waals surface area contributed by atoms with Crippen LogP contribution in [0.25, 0.3) is 0 Å². The van der Waals surface area contributed by atoms with Gasteiger partial charge in [0.2, 0.25) is 15.9 Å². The summed E-state index contributed by atoms with van der Waals surface area (Å²) in [7, 11) is -0.515. The lowest BCUT2D eigenvalue weighted by Crippen LogP contribution is -2.62. The van der Waals surface area contributed by atoms with Crippen molar-refractivity contribution in [1.82, 2.24) is 25.0 Å². The molecular weight excluding hydrogens is 538 g/mol. The van der Waals surface area contributed by atoms with Crippen molar-refractivity contribution in [3.8, 4) is 6.07 Å². The van der Waals surface area contributed by atoms with Crippen LogP contribution in [0.4, 0.5) is 5.69 Å². The average Bonchev–Trinajstić information content (AvgIpc) is 3.35. The van der Waals surface area contributed by atoms with Crippen molar-refractivity contribution in [3.05, 3.63) is 60.2 Å². The molecule has 2 aromatic carbocycles. The summed E-state index contributed by atoms with van der Waals surface area (Å²) in [5.74, 6) is -0.348. The number of hydrazine groups is 1. The number of hydrogen-bond acceptors (Lipinski definition) is 8. The van der Waals surface area contributed by atoms with Crippen LogP contribution in [-0.2, 0) is 21.2 Å². The molecule has 3 fully saturated rings. The Labute approximate surface area is 243 Å². The number of rotatable bonds is 10. The van der Waals surface area contributed by atoms with Crippen molar-refractivity contribution in [2.75, 3.05) is 45.6 Å².